The number of para-hydroxylation sites is 1. The summed E-state index contributed by atoms with van der Waals surface area (Å²) in [7, 11) is 0. The van der Waals surface area contributed by atoms with Gasteiger partial charge in [-0.15, -0.1) is 11.8 Å². The molecule has 88 valence electrons. The molecule has 0 fully saturated rings. The fraction of sp³-hybridized carbons (Fsp3) is 0.357. The first kappa shape index (κ1) is 11.5. The van der Waals surface area contributed by atoms with Crippen molar-refractivity contribution in [2.24, 2.45) is 0 Å². The Morgan fingerprint density at radius 2 is 2.35 bits per heavy atom. The maximum atomic E-state index is 12.0. The van der Waals surface area contributed by atoms with Crippen molar-refractivity contribution in [3.63, 3.8) is 0 Å². The lowest BCUT2D eigenvalue weighted by molar-refractivity contribution is -0.122. The third-order valence-corrected chi connectivity index (χ3v) is 2.88. The highest BCUT2D eigenvalue weighted by atomic mass is 16.1. The Labute approximate surface area is 102 Å². The number of fused-ring (bicyclic) bond motifs is 1. The number of carbonyl (C=O) groups excluding carboxylic acids is 1. The second kappa shape index (κ2) is 5.40. The molecule has 1 aromatic carbocycles. The molecule has 0 radical (unpaired) electrons. The lowest BCUT2D eigenvalue weighted by Crippen LogP contribution is -2.30. The summed E-state index contributed by atoms with van der Waals surface area (Å²) in [5.41, 5.74) is 2.16. The van der Waals surface area contributed by atoms with Crippen LogP contribution >= 0.6 is 0 Å². The first-order valence-corrected chi connectivity index (χ1v) is 5.83. The number of hydrogen-bond donors (Lipinski definition) is 2. The van der Waals surface area contributed by atoms with E-state index in [9.17, 15) is 4.79 Å². The van der Waals surface area contributed by atoms with Crippen LogP contribution in [0.15, 0.2) is 24.3 Å². The van der Waals surface area contributed by atoms with Crippen molar-refractivity contribution in [2.75, 3.05) is 18.4 Å². The largest absolute Gasteiger partial charge is 0.384 e. The summed E-state index contributed by atoms with van der Waals surface area (Å²) in [5.74, 6) is 5.76. The van der Waals surface area contributed by atoms with Crippen LogP contribution in [0.2, 0.25) is 0 Å². The van der Waals surface area contributed by atoms with Gasteiger partial charge in [0.2, 0.25) is 5.91 Å². The van der Waals surface area contributed by atoms with Crippen LogP contribution in [0.25, 0.3) is 0 Å². The van der Waals surface area contributed by atoms with E-state index in [1.54, 1.807) is 6.92 Å². The van der Waals surface area contributed by atoms with Crippen molar-refractivity contribution in [3.05, 3.63) is 29.8 Å². The first-order chi connectivity index (χ1) is 8.33. The van der Waals surface area contributed by atoms with Gasteiger partial charge in [0.25, 0.3) is 0 Å². The molecule has 0 saturated carbocycles. The van der Waals surface area contributed by atoms with Gasteiger partial charge in [0.1, 0.15) is 0 Å². The van der Waals surface area contributed by atoms with Gasteiger partial charge in [0.05, 0.1) is 5.92 Å². The lowest BCUT2D eigenvalue weighted by Gasteiger charge is -2.09. The number of rotatable bonds is 3. The molecule has 1 amide bonds. The Morgan fingerprint density at radius 3 is 3.18 bits per heavy atom. The molecular formula is C14H16N2O. The Hall–Kier alpha value is -1.95. The van der Waals surface area contributed by atoms with E-state index in [4.69, 9.17) is 0 Å². The molecule has 3 heteroatoms. The van der Waals surface area contributed by atoms with Crippen molar-refractivity contribution in [3.8, 4) is 11.8 Å². The van der Waals surface area contributed by atoms with Crippen LogP contribution in [0.4, 0.5) is 5.69 Å². The zero-order valence-corrected chi connectivity index (χ0v) is 9.92. The molecule has 17 heavy (non-hydrogen) atoms. The third-order valence-electron chi connectivity index (χ3n) is 2.88. The Balaban J connectivity index is 1.95. The number of anilines is 1. The maximum Gasteiger partial charge on any atom is 0.229 e. The van der Waals surface area contributed by atoms with Crippen LogP contribution in [0, 0.1) is 11.8 Å². The lowest BCUT2D eigenvalue weighted by atomic mass is 10.0. The number of nitrogens with one attached hydrogen (secondary N) is 2. The number of amides is 1. The SMILES string of the molecule is CC#CCCNC(=O)C1CNc2ccccc21. The molecule has 1 aliphatic heterocycles. The highest BCUT2D eigenvalue weighted by molar-refractivity contribution is 5.88. The van der Waals surface area contributed by atoms with E-state index < -0.39 is 0 Å². The fourth-order valence-corrected chi connectivity index (χ4v) is 2.01. The van der Waals surface area contributed by atoms with Crippen molar-refractivity contribution in [1.29, 1.82) is 0 Å². The predicted molar refractivity (Wildman–Crippen MR) is 68.7 cm³/mol. The van der Waals surface area contributed by atoms with E-state index in [1.165, 1.54) is 0 Å². The molecule has 1 unspecified atom stereocenters. The Morgan fingerprint density at radius 1 is 1.53 bits per heavy atom. The van der Waals surface area contributed by atoms with Crippen LogP contribution in [0.1, 0.15) is 24.8 Å². The summed E-state index contributed by atoms with van der Waals surface area (Å²) in [6.45, 7) is 3.11. The Bertz CT molecular complexity index is 471. The molecule has 1 aromatic rings. The van der Waals surface area contributed by atoms with E-state index >= 15 is 0 Å². The van der Waals surface area contributed by atoms with E-state index in [1.807, 2.05) is 24.3 Å². The van der Waals surface area contributed by atoms with Gasteiger partial charge < -0.3 is 10.6 Å². The third kappa shape index (κ3) is 2.59. The molecule has 2 rings (SSSR count). The smallest absolute Gasteiger partial charge is 0.229 e. The summed E-state index contributed by atoms with van der Waals surface area (Å²) in [5, 5.41) is 6.16. The maximum absolute atomic E-state index is 12.0. The molecule has 1 heterocycles. The summed E-state index contributed by atoms with van der Waals surface area (Å²) in [4.78, 5) is 12.0. The van der Waals surface area contributed by atoms with E-state index in [-0.39, 0.29) is 11.8 Å². The van der Waals surface area contributed by atoms with Crippen molar-refractivity contribution in [2.45, 2.75) is 19.3 Å². The summed E-state index contributed by atoms with van der Waals surface area (Å²) in [6.07, 6.45) is 0.712. The molecule has 0 bridgehead atoms. The summed E-state index contributed by atoms with van der Waals surface area (Å²) in [6, 6.07) is 7.95. The van der Waals surface area contributed by atoms with Crippen LogP contribution in [-0.4, -0.2) is 19.0 Å². The van der Waals surface area contributed by atoms with Crippen LogP contribution in [0.3, 0.4) is 0 Å². The predicted octanol–water partition coefficient (Wildman–Crippen LogP) is 1.73. The first-order valence-electron chi connectivity index (χ1n) is 5.83. The standard InChI is InChI=1S/C14H16N2O/c1-2-3-6-9-15-14(17)12-10-16-13-8-5-4-7-11(12)13/h4-5,7-8,12,16H,6,9-10H2,1H3,(H,15,17). The van der Waals surface area contributed by atoms with E-state index in [0.717, 1.165) is 11.3 Å². The molecule has 0 saturated heterocycles. The Kier molecular flexibility index (Phi) is 3.66. The van der Waals surface area contributed by atoms with Gasteiger partial charge in [-0.2, -0.15) is 0 Å². The zero-order chi connectivity index (χ0) is 12.1. The minimum absolute atomic E-state index is 0.0687. The van der Waals surface area contributed by atoms with Crippen LogP contribution in [0.5, 0.6) is 0 Å². The van der Waals surface area contributed by atoms with Crippen LogP contribution < -0.4 is 10.6 Å². The summed E-state index contributed by atoms with van der Waals surface area (Å²) < 4.78 is 0. The number of benzene rings is 1. The number of carbonyl (C=O) groups is 1. The summed E-state index contributed by atoms with van der Waals surface area (Å²) >= 11 is 0. The highest BCUT2D eigenvalue weighted by Crippen LogP contribution is 2.30. The molecule has 1 atom stereocenters. The van der Waals surface area contributed by atoms with Gasteiger partial charge >= 0.3 is 0 Å². The van der Waals surface area contributed by atoms with Gasteiger partial charge in [-0.3, -0.25) is 4.79 Å². The van der Waals surface area contributed by atoms with E-state index in [0.29, 0.717) is 19.5 Å². The average Bonchev–Trinajstić information content (AvgIpc) is 2.78. The average molecular weight is 228 g/mol. The quantitative estimate of drug-likeness (QED) is 0.611. The topological polar surface area (TPSA) is 41.1 Å². The van der Waals surface area contributed by atoms with Gasteiger partial charge in [0, 0.05) is 25.2 Å². The second-order valence-electron chi connectivity index (χ2n) is 3.99. The van der Waals surface area contributed by atoms with Crippen molar-refractivity contribution < 1.29 is 4.79 Å². The molecule has 0 aliphatic carbocycles. The number of hydrogen-bond acceptors (Lipinski definition) is 2. The van der Waals surface area contributed by atoms with Crippen molar-refractivity contribution >= 4 is 11.6 Å². The fourth-order valence-electron chi connectivity index (χ4n) is 2.01. The normalized spacial score (nSPS) is 16.4. The molecule has 0 spiro atoms. The van der Waals surface area contributed by atoms with Gasteiger partial charge in [-0.1, -0.05) is 18.2 Å². The monoisotopic (exact) mass is 228 g/mol. The van der Waals surface area contributed by atoms with Gasteiger partial charge in [-0.25, -0.2) is 0 Å². The van der Waals surface area contributed by atoms with Gasteiger partial charge in [0.15, 0.2) is 0 Å². The van der Waals surface area contributed by atoms with Crippen molar-refractivity contribution in [1.82, 2.24) is 5.32 Å². The van der Waals surface area contributed by atoms with Crippen LogP contribution in [-0.2, 0) is 4.79 Å². The molecule has 0 aromatic heterocycles. The minimum atomic E-state index is -0.0687. The minimum Gasteiger partial charge on any atom is -0.384 e. The molecule has 1 aliphatic rings. The molecule has 2 N–H and O–H groups in total. The zero-order valence-electron chi connectivity index (χ0n) is 9.92. The molecular weight excluding hydrogens is 212 g/mol. The molecule has 3 nitrogen and oxygen atoms in total. The van der Waals surface area contributed by atoms with Gasteiger partial charge in [-0.05, 0) is 18.6 Å². The second-order valence-corrected chi connectivity index (χ2v) is 3.99. The highest BCUT2D eigenvalue weighted by Gasteiger charge is 2.27. The van der Waals surface area contributed by atoms with E-state index in [2.05, 4.69) is 22.5 Å².